The Morgan fingerprint density at radius 2 is 2.11 bits per heavy atom. The van der Waals surface area contributed by atoms with Gasteiger partial charge in [-0.25, -0.2) is 0 Å². The molecule has 2 aromatic rings. The topological polar surface area (TPSA) is 91.6 Å². The summed E-state index contributed by atoms with van der Waals surface area (Å²) in [6.07, 6.45) is 0. The second kappa shape index (κ2) is 8.52. The third kappa shape index (κ3) is 4.75. The lowest BCUT2D eigenvalue weighted by Gasteiger charge is -2.19. The standard InChI is InChI=1S/C20H27N5O3/c1-13-22-19(23-28-13)9-21-20(27)18-12-25(14(2)26)11-17(18)16-7-5-6-15(8-16)10-24(3)4/h5-8,17-18H,9-12H2,1-4H3,(H,21,27)/t17-,18+/m1/s1. The van der Waals surface area contributed by atoms with E-state index < -0.39 is 0 Å². The highest BCUT2D eigenvalue weighted by molar-refractivity contribution is 5.82. The summed E-state index contributed by atoms with van der Waals surface area (Å²) in [5.74, 6) is 0.428. The van der Waals surface area contributed by atoms with Gasteiger partial charge in [-0.15, -0.1) is 0 Å². The lowest BCUT2D eigenvalue weighted by molar-refractivity contribution is -0.128. The molecule has 0 unspecified atom stereocenters. The van der Waals surface area contributed by atoms with E-state index in [2.05, 4.69) is 32.5 Å². The third-order valence-electron chi connectivity index (χ3n) is 4.97. The highest BCUT2D eigenvalue weighted by atomic mass is 16.5. The summed E-state index contributed by atoms with van der Waals surface area (Å²) < 4.78 is 4.94. The third-order valence-corrected chi connectivity index (χ3v) is 4.97. The van der Waals surface area contributed by atoms with E-state index in [1.165, 1.54) is 5.56 Å². The molecule has 28 heavy (non-hydrogen) atoms. The number of likely N-dealkylation sites (tertiary alicyclic amines) is 1. The monoisotopic (exact) mass is 385 g/mol. The zero-order chi connectivity index (χ0) is 20.3. The minimum Gasteiger partial charge on any atom is -0.348 e. The normalized spacial score (nSPS) is 19.2. The average Bonchev–Trinajstić information content (AvgIpc) is 3.26. The van der Waals surface area contributed by atoms with Crippen LogP contribution in [-0.4, -0.2) is 58.9 Å². The molecule has 1 aromatic carbocycles. The van der Waals surface area contributed by atoms with Crippen LogP contribution < -0.4 is 5.32 Å². The van der Waals surface area contributed by atoms with Crippen LogP contribution in [0.4, 0.5) is 0 Å². The molecular formula is C20H27N5O3. The molecule has 0 bridgehead atoms. The van der Waals surface area contributed by atoms with Crippen molar-refractivity contribution in [1.29, 1.82) is 0 Å². The van der Waals surface area contributed by atoms with Crippen LogP contribution >= 0.6 is 0 Å². The van der Waals surface area contributed by atoms with Crippen LogP contribution in [0.5, 0.6) is 0 Å². The van der Waals surface area contributed by atoms with Gasteiger partial charge in [-0.05, 0) is 25.2 Å². The highest BCUT2D eigenvalue weighted by Crippen LogP contribution is 2.33. The minimum atomic E-state index is -0.313. The smallest absolute Gasteiger partial charge is 0.225 e. The highest BCUT2D eigenvalue weighted by Gasteiger charge is 2.39. The quantitative estimate of drug-likeness (QED) is 0.806. The molecule has 2 heterocycles. The van der Waals surface area contributed by atoms with Gasteiger partial charge in [0.1, 0.15) is 0 Å². The maximum absolute atomic E-state index is 12.9. The number of aryl methyl sites for hydroxylation is 1. The van der Waals surface area contributed by atoms with E-state index in [-0.39, 0.29) is 30.2 Å². The molecule has 1 N–H and O–H groups in total. The van der Waals surface area contributed by atoms with Crippen LogP contribution in [0.3, 0.4) is 0 Å². The van der Waals surface area contributed by atoms with Gasteiger partial charge in [0.05, 0.1) is 12.5 Å². The molecule has 3 rings (SSSR count). The van der Waals surface area contributed by atoms with Crippen LogP contribution in [0.25, 0.3) is 0 Å². The van der Waals surface area contributed by atoms with Gasteiger partial charge in [-0.2, -0.15) is 4.98 Å². The van der Waals surface area contributed by atoms with Crippen LogP contribution in [0.1, 0.15) is 35.7 Å². The number of carbonyl (C=O) groups excluding carboxylic acids is 2. The van der Waals surface area contributed by atoms with E-state index in [9.17, 15) is 9.59 Å². The largest absolute Gasteiger partial charge is 0.348 e. The second-order valence-corrected chi connectivity index (χ2v) is 7.57. The SMILES string of the molecule is CC(=O)N1C[C@H](C(=O)NCc2noc(C)n2)[C@@H](c2cccc(CN(C)C)c2)C1. The number of benzene rings is 1. The Kier molecular flexibility index (Phi) is 6.08. The first-order valence-corrected chi connectivity index (χ1v) is 9.39. The molecule has 2 atom stereocenters. The molecular weight excluding hydrogens is 358 g/mol. The van der Waals surface area contributed by atoms with Crippen LogP contribution in [-0.2, 0) is 22.7 Å². The zero-order valence-electron chi connectivity index (χ0n) is 16.8. The number of hydrogen-bond donors (Lipinski definition) is 1. The van der Waals surface area contributed by atoms with Crippen molar-refractivity contribution in [1.82, 2.24) is 25.3 Å². The van der Waals surface area contributed by atoms with Crippen LogP contribution in [0, 0.1) is 12.8 Å². The fourth-order valence-corrected chi connectivity index (χ4v) is 3.66. The molecule has 0 radical (unpaired) electrons. The fourth-order valence-electron chi connectivity index (χ4n) is 3.66. The molecule has 1 fully saturated rings. The van der Waals surface area contributed by atoms with Crippen molar-refractivity contribution in [2.75, 3.05) is 27.2 Å². The predicted octanol–water partition coefficient (Wildman–Crippen LogP) is 1.32. The summed E-state index contributed by atoms with van der Waals surface area (Å²) >= 11 is 0. The Morgan fingerprint density at radius 1 is 1.32 bits per heavy atom. The van der Waals surface area contributed by atoms with Crippen LogP contribution in [0.2, 0.25) is 0 Å². The second-order valence-electron chi connectivity index (χ2n) is 7.57. The molecule has 2 amide bonds. The maximum Gasteiger partial charge on any atom is 0.225 e. The van der Waals surface area contributed by atoms with Gasteiger partial charge in [0, 0.05) is 39.4 Å². The molecule has 0 aliphatic carbocycles. The van der Waals surface area contributed by atoms with Crippen molar-refractivity contribution in [2.24, 2.45) is 5.92 Å². The summed E-state index contributed by atoms with van der Waals surface area (Å²) in [5.41, 5.74) is 2.27. The Hall–Kier alpha value is -2.74. The molecule has 8 nitrogen and oxygen atoms in total. The molecule has 1 aliphatic rings. The number of aromatic nitrogens is 2. The lowest BCUT2D eigenvalue weighted by atomic mass is 9.87. The maximum atomic E-state index is 12.9. The van der Waals surface area contributed by atoms with Gasteiger partial charge < -0.3 is 19.6 Å². The zero-order valence-corrected chi connectivity index (χ0v) is 16.8. The van der Waals surface area contributed by atoms with Gasteiger partial charge in [0.25, 0.3) is 0 Å². The molecule has 8 heteroatoms. The van der Waals surface area contributed by atoms with Gasteiger partial charge in [0.15, 0.2) is 5.82 Å². The van der Waals surface area contributed by atoms with Crippen molar-refractivity contribution in [3.8, 4) is 0 Å². The molecule has 1 aliphatic heterocycles. The van der Waals surface area contributed by atoms with E-state index in [1.807, 2.05) is 26.2 Å². The van der Waals surface area contributed by atoms with Crippen molar-refractivity contribution >= 4 is 11.8 Å². The summed E-state index contributed by atoms with van der Waals surface area (Å²) in [4.78, 5) is 32.8. The van der Waals surface area contributed by atoms with Crippen LogP contribution in [0.15, 0.2) is 28.8 Å². The molecule has 1 aromatic heterocycles. The molecule has 1 saturated heterocycles. The summed E-state index contributed by atoms with van der Waals surface area (Å²) in [5, 5.41) is 6.69. The molecule has 0 saturated carbocycles. The molecule has 150 valence electrons. The number of carbonyl (C=O) groups is 2. The minimum absolute atomic E-state index is 0.0152. The van der Waals surface area contributed by atoms with Gasteiger partial charge in [0.2, 0.25) is 17.7 Å². The summed E-state index contributed by atoms with van der Waals surface area (Å²) in [7, 11) is 4.05. The van der Waals surface area contributed by atoms with Crippen molar-refractivity contribution in [2.45, 2.75) is 32.9 Å². The van der Waals surface area contributed by atoms with Crippen molar-refractivity contribution in [3.05, 3.63) is 47.1 Å². The fraction of sp³-hybridized carbons (Fsp3) is 0.500. The molecule has 0 spiro atoms. The Balaban J connectivity index is 1.77. The lowest BCUT2D eigenvalue weighted by Crippen LogP contribution is -2.35. The number of hydrogen-bond acceptors (Lipinski definition) is 6. The number of rotatable bonds is 6. The van der Waals surface area contributed by atoms with Crippen molar-refractivity contribution in [3.63, 3.8) is 0 Å². The number of nitrogens with zero attached hydrogens (tertiary/aromatic N) is 4. The summed E-state index contributed by atoms with van der Waals surface area (Å²) in [6.45, 7) is 5.24. The first-order valence-electron chi connectivity index (χ1n) is 9.39. The summed E-state index contributed by atoms with van der Waals surface area (Å²) in [6, 6.07) is 8.27. The van der Waals surface area contributed by atoms with Gasteiger partial charge in [-0.3, -0.25) is 9.59 Å². The van der Waals surface area contributed by atoms with E-state index in [1.54, 1.807) is 18.7 Å². The van der Waals surface area contributed by atoms with E-state index in [0.29, 0.717) is 24.8 Å². The Labute approximate surface area is 164 Å². The van der Waals surface area contributed by atoms with Crippen molar-refractivity contribution < 1.29 is 14.1 Å². The van der Waals surface area contributed by atoms with E-state index in [0.717, 1.165) is 12.1 Å². The van der Waals surface area contributed by atoms with E-state index in [4.69, 9.17) is 4.52 Å². The van der Waals surface area contributed by atoms with E-state index >= 15 is 0 Å². The predicted molar refractivity (Wildman–Crippen MR) is 103 cm³/mol. The first kappa shape index (κ1) is 20.0. The Bertz CT molecular complexity index is 848. The average molecular weight is 385 g/mol. The van der Waals surface area contributed by atoms with Gasteiger partial charge >= 0.3 is 0 Å². The Morgan fingerprint density at radius 3 is 2.75 bits per heavy atom. The first-order chi connectivity index (χ1) is 13.3. The number of nitrogens with one attached hydrogen (secondary N) is 1. The van der Waals surface area contributed by atoms with Gasteiger partial charge in [-0.1, -0.05) is 29.4 Å². The number of amides is 2.